The molecule has 0 saturated carbocycles. The number of nitrogens with zero attached hydrogens (tertiary/aromatic N) is 1. The molecule has 0 N–H and O–H groups in total. The molecule has 0 fully saturated rings. The van der Waals surface area contributed by atoms with Crippen molar-refractivity contribution in [2.45, 2.75) is 335 Å². The Labute approximate surface area is 454 Å². The molecular formula is C63H124NO8P. The first-order chi connectivity index (χ1) is 35.5. The first-order valence-corrected chi connectivity index (χ1v) is 33.4. The topological polar surface area (TPSA) is 111 Å². The molecule has 0 aliphatic carbocycles. The van der Waals surface area contributed by atoms with Gasteiger partial charge in [-0.2, -0.15) is 0 Å². The van der Waals surface area contributed by atoms with Crippen LogP contribution in [0, 0.1) is 0 Å². The molecule has 9 nitrogen and oxygen atoms in total. The summed E-state index contributed by atoms with van der Waals surface area (Å²) in [6.45, 7) is 4.31. The smallest absolute Gasteiger partial charge is 0.306 e. The number of allylic oxidation sites excluding steroid dienone is 2. The number of esters is 2. The maximum Gasteiger partial charge on any atom is 0.306 e. The summed E-state index contributed by atoms with van der Waals surface area (Å²) >= 11 is 0. The van der Waals surface area contributed by atoms with Crippen molar-refractivity contribution in [1.82, 2.24) is 0 Å². The van der Waals surface area contributed by atoms with Crippen molar-refractivity contribution in [2.24, 2.45) is 0 Å². The van der Waals surface area contributed by atoms with E-state index in [1.807, 2.05) is 21.1 Å². The van der Waals surface area contributed by atoms with E-state index in [-0.39, 0.29) is 32.0 Å². The molecule has 0 aliphatic heterocycles. The molecule has 2 unspecified atom stereocenters. The van der Waals surface area contributed by atoms with Gasteiger partial charge in [0.05, 0.1) is 27.7 Å². The van der Waals surface area contributed by atoms with Crippen molar-refractivity contribution < 1.29 is 42.1 Å². The number of rotatable bonds is 60. The number of ether oxygens (including phenoxy) is 2. The first-order valence-electron chi connectivity index (χ1n) is 31.9. The van der Waals surface area contributed by atoms with Gasteiger partial charge < -0.3 is 27.9 Å². The van der Waals surface area contributed by atoms with Crippen molar-refractivity contribution in [3.05, 3.63) is 12.2 Å². The summed E-state index contributed by atoms with van der Waals surface area (Å²) in [5.74, 6) is -0.812. The van der Waals surface area contributed by atoms with Gasteiger partial charge in [-0.3, -0.25) is 14.2 Å². The normalized spacial score (nSPS) is 13.2. The maximum atomic E-state index is 12.8. The zero-order valence-electron chi connectivity index (χ0n) is 49.4. The highest BCUT2D eigenvalue weighted by molar-refractivity contribution is 7.45. The van der Waals surface area contributed by atoms with Crippen molar-refractivity contribution in [3.8, 4) is 0 Å². The molecule has 0 aliphatic rings. The van der Waals surface area contributed by atoms with Gasteiger partial charge in [0.25, 0.3) is 7.82 Å². The second kappa shape index (κ2) is 55.5. The SMILES string of the molecule is CCCCCCCCCC/C=C\CCCCCCCCCCCCCC(=O)OC(COC(=O)CCCCCCCCCCCCCCCCCCCCCCCCCCCC)COP(=O)([O-])OCC[N+](C)(C)C. The number of hydrogen-bond donors (Lipinski definition) is 0. The van der Waals surface area contributed by atoms with Gasteiger partial charge in [-0.15, -0.1) is 0 Å². The third-order valence-electron chi connectivity index (χ3n) is 14.5. The van der Waals surface area contributed by atoms with Crippen LogP contribution in [0.4, 0.5) is 0 Å². The van der Waals surface area contributed by atoms with Crippen LogP contribution in [0.5, 0.6) is 0 Å². The number of hydrogen-bond acceptors (Lipinski definition) is 8. The molecule has 0 spiro atoms. The third kappa shape index (κ3) is 59.8. The van der Waals surface area contributed by atoms with Crippen LogP contribution >= 0.6 is 7.82 Å². The van der Waals surface area contributed by atoms with Crippen LogP contribution in [0.15, 0.2) is 12.2 Å². The Morgan fingerprint density at radius 2 is 0.699 bits per heavy atom. The Morgan fingerprint density at radius 1 is 0.411 bits per heavy atom. The molecule has 0 heterocycles. The summed E-state index contributed by atoms with van der Waals surface area (Å²) in [6, 6.07) is 0. The van der Waals surface area contributed by atoms with Crippen molar-refractivity contribution in [2.75, 3.05) is 47.5 Å². The van der Waals surface area contributed by atoms with Gasteiger partial charge >= 0.3 is 11.9 Å². The summed E-state index contributed by atoms with van der Waals surface area (Å²) in [6.07, 6.45) is 65.6. The molecule has 0 rings (SSSR count). The quantitative estimate of drug-likeness (QED) is 0.0195. The van der Waals surface area contributed by atoms with E-state index in [1.54, 1.807) is 0 Å². The van der Waals surface area contributed by atoms with Crippen LogP contribution in [-0.4, -0.2) is 70.0 Å². The zero-order chi connectivity index (χ0) is 53.5. The Kier molecular flexibility index (Phi) is 54.6. The third-order valence-corrected chi connectivity index (χ3v) is 15.5. The van der Waals surface area contributed by atoms with E-state index in [1.165, 1.54) is 257 Å². The predicted octanol–water partition coefficient (Wildman–Crippen LogP) is 19.4. The minimum atomic E-state index is -4.63. The molecule has 0 aromatic heterocycles. The van der Waals surface area contributed by atoms with Gasteiger partial charge in [0.1, 0.15) is 19.8 Å². The molecule has 0 radical (unpaired) electrons. The Bertz CT molecular complexity index is 1240. The van der Waals surface area contributed by atoms with E-state index >= 15 is 0 Å². The van der Waals surface area contributed by atoms with Crippen molar-refractivity contribution in [3.63, 3.8) is 0 Å². The fourth-order valence-electron chi connectivity index (χ4n) is 9.60. The fourth-order valence-corrected chi connectivity index (χ4v) is 10.3. The van der Waals surface area contributed by atoms with E-state index in [0.29, 0.717) is 17.4 Å². The number of likely N-dealkylation sites (N-methyl/N-ethyl adjacent to an activating group) is 1. The fraction of sp³-hybridized carbons (Fsp3) is 0.937. The highest BCUT2D eigenvalue weighted by Gasteiger charge is 2.22. The van der Waals surface area contributed by atoms with E-state index < -0.39 is 26.5 Å². The molecule has 0 bridgehead atoms. The summed E-state index contributed by atoms with van der Waals surface area (Å²) in [7, 11) is 1.19. The van der Waals surface area contributed by atoms with Crippen LogP contribution in [0.2, 0.25) is 0 Å². The highest BCUT2D eigenvalue weighted by atomic mass is 31.2. The molecule has 0 aromatic rings. The lowest BCUT2D eigenvalue weighted by Gasteiger charge is -2.28. The van der Waals surface area contributed by atoms with E-state index in [2.05, 4.69) is 26.0 Å². The van der Waals surface area contributed by atoms with E-state index in [0.717, 1.165) is 38.5 Å². The summed E-state index contributed by atoms with van der Waals surface area (Å²) < 4.78 is 34.3. The maximum absolute atomic E-state index is 12.8. The van der Waals surface area contributed by atoms with Gasteiger partial charge in [-0.1, -0.05) is 289 Å². The summed E-state index contributed by atoms with van der Waals surface area (Å²) in [5.41, 5.74) is 0. The lowest BCUT2D eigenvalue weighted by atomic mass is 10.0. The Balaban J connectivity index is 4.05. The molecule has 0 saturated heterocycles. The van der Waals surface area contributed by atoms with Gasteiger partial charge in [0.15, 0.2) is 6.10 Å². The monoisotopic (exact) mass is 1050 g/mol. The second-order valence-electron chi connectivity index (χ2n) is 23.1. The van der Waals surface area contributed by atoms with Gasteiger partial charge in [-0.05, 0) is 38.5 Å². The average molecular weight is 1050 g/mol. The Morgan fingerprint density at radius 3 is 1.01 bits per heavy atom. The largest absolute Gasteiger partial charge is 0.756 e. The van der Waals surface area contributed by atoms with Crippen LogP contribution in [0.3, 0.4) is 0 Å². The summed E-state index contributed by atoms with van der Waals surface area (Å²) in [5, 5.41) is 0. The molecule has 2 atom stereocenters. The molecule has 0 aromatic carbocycles. The number of quaternary nitrogens is 1. The van der Waals surface area contributed by atoms with E-state index in [4.69, 9.17) is 18.5 Å². The first kappa shape index (κ1) is 71.8. The van der Waals surface area contributed by atoms with E-state index in [9.17, 15) is 19.0 Å². The number of carbonyl (C=O) groups excluding carboxylic acids is 2. The Hall–Kier alpha value is -1.25. The van der Waals surface area contributed by atoms with Crippen LogP contribution in [-0.2, 0) is 32.7 Å². The predicted molar refractivity (Wildman–Crippen MR) is 310 cm³/mol. The molecule has 0 amide bonds. The second-order valence-corrected chi connectivity index (χ2v) is 24.5. The van der Waals surface area contributed by atoms with Gasteiger partial charge in [-0.25, -0.2) is 0 Å². The minimum absolute atomic E-state index is 0.0269. The zero-order valence-corrected chi connectivity index (χ0v) is 50.3. The van der Waals surface area contributed by atoms with Crippen molar-refractivity contribution in [1.29, 1.82) is 0 Å². The lowest BCUT2D eigenvalue weighted by Crippen LogP contribution is -2.37. The lowest BCUT2D eigenvalue weighted by molar-refractivity contribution is -0.870. The number of carbonyl (C=O) groups is 2. The number of unbranched alkanes of at least 4 members (excludes halogenated alkanes) is 44. The van der Waals surface area contributed by atoms with Crippen molar-refractivity contribution >= 4 is 19.8 Å². The van der Waals surface area contributed by atoms with Crippen LogP contribution < -0.4 is 4.89 Å². The standard InChI is InChI=1S/C63H124NO8P/c1-6-8-10-12-14-16-18-20-22-24-26-28-30-31-32-34-35-37-39-41-43-45-47-49-51-53-55-62(65)69-59-61(60-71-73(67,68)70-58-57-64(3,4)5)72-63(66)56-54-52-50-48-46-44-42-40-38-36-33-29-27-25-23-21-19-17-15-13-11-9-7-2/h25,27,61H,6-24,26,28-60H2,1-5H3/b27-25-. The number of phosphoric ester groups is 1. The minimum Gasteiger partial charge on any atom is -0.756 e. The van der Waals surface area contributed by atoms with Gasteiger partial charge in [0, 0.05) is 12.8 Å². The highest BCUT2D eigenvalue weighted by Crippen LogP contribution is 2.38. The number of phosphoric acid groups is 1. The molecule has 434 valence electrons. The molecular weight excluding hydrogens is 930 g/mol. The average Bonchev–Trinajstić information content (AvgIpc) is 3.35. The molecule has 10 heteroatoms. The van der Waals surface area contributed by atoms with Crippen LogP contribution in [0.1, 0.15) is 328 Å². The van der Waals surface area contributed by atoms with Crippen LogP contribution in [0.25, 0.3) is 0 Å². The summed E-state index contributed by atoms with van der Waals surface area (Å²) in [4.78, 5) is 37.9. The van der Waals surface area contributed by atoms with Gasteiger partial charge in [0.2, 0.25) is 0 Å². The molecule has 73 heavy (non-hydrogen) atoms.